The lowest BCUT2D eigenvalue weighted by Crippen LogP contribution is -2.49. The first kappa shape index (κ1) is 24.8. The minimum atomic E-state index is -1.11. The predicted octanol–water partition coefficient (Wildman–Crippen LogP) is 5.92. The summed E-state index contributed by atoms with van der Waals surface area (Å²) in [5.74, 6) is -2.38. The quantitative estimate of drug-likeness (QED) is 0.365. The summed E-state index contributed by atoms with van der Waals surface area (Å²) in [4.78, 5) is 32.7. The molecule has 36 heavy (non-hydrogen) atoms. The molecule has 4 rings (SSSR count). The van der Waals surface area contributed by atoms with Crippen LogP contribution in [0.2, 0.25) is 0 Å². The number of amides is 2. The highest BCUT2D eigenvalue weighted by molar-refractivity contribution is 6.08. The Hall–Kier alpha value is -4.33. The molecule has 4 aromatic rings. The minimum Gasteiger partial charge on any atom is -0.459 e. The number of hydrogen-bond donors (Lipinski definition) is 1. The van der Waals surface area contributed by atoms with Gasteiger partial charge in [-0.3, -0.25) is 19.5 Å². The van der Waals surface area contributed by atoms with Crippen LogP contribution < -0.4 is 10.2 Å². The Kier molecular flexibility index (Phi) is 6.96. The first-order chi connectivity index (χ1) is 17.2. The van der Waals surface area contributed by atoms with Gasteiger partial charge in [-0.1, -0.05) is 24.3 Å². The summed E-state index contributed by atoms with van der Waals surface area (Å²) in [6, 6.07) is 15.1. The summed E-state index contributed by atoms with van der Waals surface area (Å²) in [5, 5.41) is 2.93. The van der Waals surface area contributed by atoms with Gasteiger partial charge < -0.3 is 9.73 Å². The van der Waals surface area contributed by atoms with Crippen LogP contribution in [0.4, 0.5) is 14.5 Å². The van der Waals surface area contributed by atoms with Crippen molar-refractivity contribution in [3.05, 3.63) is 108 Å². The molecule has 0 aliphatic rings. The second kappa shape index (κ2) is 10.1. The van der Waals surface area contributed by atoms with Crippen molar-refractivity contribution in [3.63, 3.8) is 0 Å². The Balaban J connectivity index is 1.84. The molecule has 2 aromatic heterocycles. The molecule has 2 heterocycles. The van der Waals surface area contributed by atoms with E-state index in [9.17, 15) is 18.4 Å². The fraction of sp³-hybridized carbons (Fsp3) is 0.179. The molecule has 1 N–H and O–H groups in total. The van der Waals surface area contributed by atoms with Crippen LogP contribution in [0.25, 0.3) is 11.1 Å². The van der Waals surface area contributed by atoms with Crippen molar-refractivity contribution >= 4 is 17.5 Å². The van der Waals surface area contributed by atoms with Gasteiger partial charge in [0.2, 0.25) is 5.91 Å². The number of pyridine rings is 1. The highest BCUT2D eigenvalue weighted by atomic mass is 19.1. The summed E-state index contributed by atoms with van der Waals surface area (Å²) in [6.07, 6.45) is 4.45. The molecule has 0 saturated heterocycles. The molecule has 2 aromatic carbocycles. The van der Waals surface area contributed by atoms with Crippen molar-refractivity contribution in [2.45, 2.75) is 32.4 Å². The number of rotatable bonds is 6. The second-order valence-corrected chi connectivity index (χ2v) is 9.22. The highest BCUT2D eigenvalue weighted by Crippen LogP contribution is 2.33. The zero-order chi connectivity index (χ0) is 25.9. The van der Waals surface area contributed by atoms with Crippen LogP contribution in [-0.4, -0.2) is 22.3 Å². The van der Waals surface area contributed by atoms with Crippen LogP contribution in [0.1, 0.15) is 42.9 Å². The van der Waals surface area contributed by atoms with Gasteiger partial charge in [0.1, 0.15) is 17.7 Å². The van der Waals surface area contributed by atoms with Gasteiger partial charge in [0.05, 0.1) is 11.8 Å². The number of benzene rings is 2. The van der Waals surface area contributed by atoms with E-state index in [4.69, 9.17) is 4.42 Å². The van der Waals surface area contributed by atoms with Crippen LogP contribution in [0.15, 0.2) is 89.8 Å². The SMILES string of the molecule is CC(C)(C)NC(=O)C(c1cccnc1)N(C(=O)c1ccco1)c1ccc(-c2c(F)cccc2F)cc1. The third-order valence-electron chi connectivity index (χ3n) is 5.35. The van der Waals surface area contributed by atoms with Crippen LogP contribution in [0, 0.1) is 11.6 Å². The van der Waals surface area contributed by atoms with Crippen LogP contribution in [0.3, 0.4) is 0 Å². The summed E-state index contributed by atoms with van der Waals surface area (Å²) < 4.78 is 34.0. The van der Waals surface area contributed by atoms with Gasteiger partial charge in [0, 0.05) is 29.2 Å². The number of aromatic nitrogens is 1. The molecule has 0 aliphatic carbocycles. The van der Waals surface area contributed by atoms with Crippen LogP contribution >= 0.6 is 0 Å². The average Bonchev–Trinajstić information content (AvgIpc) is 3.37. The van der Waals surface area contributed by atoms with E-state index in [0.717, 1.165) is 0 Å². The summed E-state index contributed by atoms with van der Waals surface area (Å²) in [7, 11) is 0. The molecule has 1 unspecified atom stereocenters. The molecule has 0 radical (unpaired) electrons. The number of furan rings is 1. The fourth-order valence-electron chi connectivity index (χ4n) is 3.86. The van der Waals surface area contributed by atoms with Crippen molar-refractivity contribution in [1.29, 1.82) is 0 Å². The Bertz CT molecular complexity index is 1330. The largest absolute Gasteiger partial charge is 0.459 e. The molecule has 8 heteroatoms. The van der Waals surface area contributed by atoms with E-state index >= 15 is 0 Å². The second-order valence-electron chi connectivity index (χ2n) is 9.22. The third kappa shape index (κ3) is 5.33. The maximum absolute atomic E-state index is 14.3. The van der Waals surface area contributed by atoms with Crippen LogP contribution in [0.5, 0.6) is 0 Å². The fourth-order valence-corrected chi connectivity index (χ4v) is 3.86. The Labute approximate surface area is 207 Å². The van der Waals surface area contributed by atoms with E-state index in [1.807, 2.05) is 20.8 Å². The molecule has 0 bridgehead atoms. The normalized spacial score (nSPS) is 12.1. The first-order valence-electron chi connectivity index (χ1n) is 11.3. The number of anilines is 1. The maximum Gasteiger partial charge on any atom is 0.294 e. The third-order valence-corrected chi connectivity index (χ3v) is 5.35. The molecule has 0 saturated carbocycles. The molecule has 0 aliphatic heterocycles. The van der Waals surface area contributed by atoms with E-state index < -0.39 is 35.0 Å². The minimum absolute atomic E-state index is 0.0247. The van der Waals surface area contributed by atoms with E-state index in [1.54, 1.807) is 24.4 Å². The van der Waals surface area contributed by atoms with Gasteiger partial charge in [-0.2, -0.15) is 0 Å². The average molecular weight is 490 g/mol. The molecule has 0 fully saturated rings. The van der Waals surface area contributed by atoms with Gasteiger partial charge in [0.15, 0.2) is 5.76 Å². The Morgan fingerprint density at radius 2 is 1.64 bits per heavy atom. The van der Waals surface area contributed by atoms with E-state index in [1.165, 1.54) is 65.9 Å². The molecule has 0 spiro atoms. The van der Waals surface area contributed by atoms with Crippen molar-refractivity contribution in [2.75, 3.05) is 4.90 Å². The van der Waals surface area contributed by atoms with E-state index in [-0.39, 0.29) is 16.9 Å². The molecule has 184 valence electrons. The number of nitrogens with one attached hydrogen (secondary N) is 1. The Morgan fingerprint density at radius 1 is 0.944 bits per heavy atom. The summed E-state index contributed by atoms with van der Waals surface area (Å²) >= 11 is 0. The van der Waals surface area contributed by atoms with Crippen molar-refractivity contribution < 1.29 is 22.8 Å². The van der Waals surface area contributed by atoms with Gasteiger partial charge >= 0.3 is 0 Å². The first-order valence-corrected chi connectivity index (χ1v) is 11.3. The number of carbonyl (C=O) groups is 2. The van der Waals surface area contributed by atoms with Gasteiger partial charge in [-0.15, -0.1) is 0 Å². The summed E-state index contributed by atoms with van der Waals surface area (Å²) in [6.45, 7) is 5.50. The monoisotopic (exact) mass is 489 g/mol. The standard InChI is InChI=1S/C28H25F2N3O3/c1-28(2,3)32-26(34)25(19-7-5-15-31-17-19)33(27(35)23-10-6-16-36-23)20-13-11-18(12-14-20)24-21(29)8-4-9-22(24)30/h4-17,25H,1-3H3,(H,32,34). The molecular formula is C28H25F2N3O3. The lowest BCUT2D eigenvalue weighted by Gasteiger charge is -2.33. The van der Waals surface area contributed by atoms with Crippen molar-refractivity contribution in [2.24, 2.45) is 0 Å². The number of carbonyl (C=O) groups excluding carboxylic acids is 2. The van der Waals surface area contributed by atoms with E-state index in [2.05, 4.69) is 10.3 Å². The van der Waals surface area contributed by atoms with Gasteiger partial charge in [-0.25, -0.2) is 8.78 Å². The summed E-state index contributed by atoms with van der Waals surface area (Å²) in [5.41, 5.74) is 0.334. The lowest BCUT2D eigenvalue weighted by atomic mass is 10.0. The topological polar surface area (TPSA) is 75.4 Å². The number of nitrogens with zero attached hydrogens (tertiary/aromatic N) is 2. The van der Waals surface area contributed by atoms with Crippen LogP contribution in [-0.2, 0) is 4.79 Å². The predicted molar refractivity (Wildman–Crippen MR) is 132 cm³/mol. The Morgan fingerprint density at radius 3 is 2.19 bits per heavy atom. The van der Waals surface area contributed by atoms with Gasteiger partial charge in [0.25, 0.3) is 5.91 Å². The van der Waals surface area contributed by atoms with Crippen molar-refractivity contribution in [1.82, 2.24) is 10.3 Å². The molecule has 1 atom stereocenters. The highest BCUT2D eigenvalue weighted by Gasteiger charge is 2.36. The lowest BCUT2D eigenvalue weighted by molar-refractivity contribution is -0.123. The smallest absolute Gasteiger partial charge is 0.294 e. The number of hydrogen-bond acceptors (Lipinski definition) is 4. The van der Waals surface area contributed by atoms with Crippen molar-refractivity contribution in [3.8, 4) is 11.1 Å². The molecular weight excluding hydrogens is 464 g/mol. The molecule has 6 nitrogen and oxygen atoms in total. The number of halogens is 2. The zero-order valence-electron chi connectivity index (χ0n) is 20.0. The van der Waals surface area contributed by atoms with E-state index in [0.29, 0.717) is 11.3 Å². The zero-order valence-corrected chi connectivity index (χ0v) is 20.0. The maximum atomic E-state index is 14.3. The van der Waals surface area contributed by atoms with Gasteiger partial charge in [-0.05, 0) is 68.8 Å². The molecule has 2 amide bonds.